The fourth-order valence-corrected chi connectivity index (χ4v) is 4.97. The third-order valence-corrected chi connectivity index (χ3v) is 5.99. The fourth-order valence-electron chi connectivity index (χ4n) is 4.97. The lowest BCUT2D eigenvalue weighted by Crippen LogP contribution is -2.55. The standard InChI is InChI=1S/C17H31N3O/c1-12-8-14(10-15(18)9-12)17(21)20-7-5-16-13(11-20)4-3-6-19(16)2/h12-16H,3-11,18H2,1-2H3. The molecule has 1 amide bonds. The van der Waals surface area contributed by atoms with Crippen molar-refractivity contribution >= 4 is 5.91 Å². The zero-order valence-corrected chi connectivity index (χ0v) is 13.6. The van der Waals surface area contributed by atoms with Crippen LogP contribution in [0.25, 0.3) is 0 Å². The number of amides is 1. The van der Waals surface area contributed by atoms with Crippen molar-refractivity contribution in [3.05, 3.63) is 0 Å². The van der Waals surface area contributed by atoms with E-state index in [0.717, 1.165) is 38.8 Å². The molecule has 120 valence electrons. The van der Waals surface area contributed by atoms with Gasteiger partial charge in [-0.05, 0) is 64.0 Å². The summed E-state index contributed by atoms with van der Waals surface area (Å²) in [6, 6.07) is 0.927. The van der Waals surface area contributed by atoms with E-state index in [1.54, 1.807) is 0 Å². The molecular formula is C17H31N3O. The van der Waals surface area contributed by atoms with Gasteiger partial charge in [-0.15, -0.1) is 0 Å². The topological polar surface area (TPSA) is 49.6 Å². The molecule has 4 nitrogen and oxygen atoms in total. The summed E-state index contributed by atoms with van der Waals surface area (Å²) in [6.45, 7) is 5.39. The van der Waals surface area contributed by atoms with E-state index in [1.165, 1.54) is 19.4 Å². The third kappa shape index (κ3) is 3.26. The lowest BCUT2D eigenvalue weighted by molar-refractivity contribution is -0.140. The zero-order valence-electron chi connectivity index (χ0n) is 13.6. The smallest absolute Gasteiger partial charge is 0.225 e. The second kappa shape index (κ2) is 6.25. The van der Waals surface area contributed by atoms with E-state index in [-0.39, 0.29) is 12.0 Å². The minimum atomic E-state index is 0.182. The monoisotopic (exact) mass is 293 g/mol. The van der Waals surface area contributed by atoms with Crippen molar-refractivity contribution in [2.24, 2.45) is 23.5 Å². The van der Waals surface area contributed by atoms with E-state index in [0.29, 0.717) is 23.8 Å². The Morgan fingerprint density at radius 2 is 1.95 bits per heavy atom. The number of carbonyl (C=O) groups is 1. The summed E-state index contributed by atoms with van der Waals surface area (Å²) in [5.41, 5.74) is 6.13. The minimum absolute atomic E-state index is 0.182. The number of fused-ring (bicyclic) bond motifs is 1. The summed E-state index contributed by atoms with van der Waals surface area (Å²) in [5.74, 6) is 1.86. The van der Waals surface area contributed by atoms with Gasteiger partial charge in [-0.25, -0.2) is 0 Å². The molecule has 21 heavy (non-hydrogen) atoms. The van der Waals surface area contributed by atoms with Crippen LogP contribution in [0.1, 0.15) is 45.4 Å². The molecule has 2 aliphatic heterocycles. The average Bonchev–Trinajstić information content (AvgIpc) is 2.45. The molecule has 3 fully saturated rings. The lowest BCUT2D eigenvalue weighted by Gasteiger charge is -2.47. The Hall–Kier alpha value is -0.610. The van der Waals surface area contributed by atoms with E-state index >= 15 is 0 Å². The van der Waals surface area contributed by atoms with Crippen LogP contribution >= 0.6 is 0 Å². The molecule has 4 heteroatoms. The van der Waals surface area contributed by atoms with Gasteiger partial charge in [0.25, 0.3) is 0 Å². The van der Waals surface area contributed by atoms with Crippen molar-refractivity contribution in [2.75, 3.05) is 26.7 Å². The Kier molecular flexibility index (Phi) is 4.55. The Bertz CT molecular complexity index is 376. The number of hydrogen-bond acceptors (Lipinski definition) is 3. The quantitative estimate of drug-likeness (QED) is 0.800. The summed E-state index contributed by atoms with van der Waals surface area (Å²) >= 11 is 0. The van der Waals surface area contributed by atoms with Crippen LogP contribution in [0.15, 0.2) is 0 Å². The van der Waals surface area contributed by atoms with Gasteiger partial charge < -0.3 is 15.5 Å². The first-order valence-corrected chi connectivity index (χ1v) is 8.79. The molecule has 0 spiro atoms. The van der Waals surface area contributed by atoms with Gasteiger partial charge in [0.15, 0.2) is 0 Å². The Balaban J connectivity index is 1.61. The number of nitrogens with two attached hydrogens (primary N) is 1. The van der Waals surface area contributed by atoms with Crippen molar-refractivity contribution in [3.8, 4) is 0 Å². The zero-order chi connectivity index (χ0) is 15.0. The van der Waals surface area contributed by atoms with Crippen LogP contribution in [0.2, 0.25) is 0 Å². The molecule has 0 aromatic carbocycles. The molecule has 2 saturated heterocycles. The van der Waals surface area contributed by atoms with Crippen LogP contribution in [-0.4, -0.2) is 54.5 Å². The summed E-state index contributed by atoms with van der Waals surface area (Å²) in [4.78, 5) is 17.5. The number of likely N-dealkylation sites (tertiary alicyclic amines) is 2. The second-order valence-corrected chi connectivity index (χ2v) is 7.79. The van der Waals surface area contributed by atoms with Gasteiger partial charge >= 0.3 is 0 Å². The van der Waals surface area contributed by atoms with Crippen molar-refractivity contribution < 1.29 is 4.79 Å². The van der Waals surface area contributed by atoms with E-state index in [1.807, 2.05) is 0 Å². The average molecular weight is 293 g/mol. The SMILES string of the molecule is CC1CC(N)CC(C(=O)N2CCC3C(CCCN3C)C2)C1. The molecule has 5 atom stereocenters. The molecule has 0 radical (unpaired) electrons. The number of piperidine rings is 2. The third-order valence-electron chi connectivity index (χ3n) is 5.99. The second-order valence-electron chi connectivity index (χ2n) is 7.79. The predicted octanol–water partition coefficient (Wildman–Crippen LogP) is 1.69. The van der Waals surface area contributed by atoms with Crippen molar-refractivity contribution in [1.82, 2.24) is 9.80 Å². The van der Waals surface area contributed by atoms with E-state index in [2.05, 4.69) is 23.8 Å². The van der Waals surface area contributed by atoms with Gasteiger partial charge in [-0.3, -0.25) is 4.79 Å². The number of rotatable bonds is 1. The van der Waals surface area contributed by atoms with Gasteiger partial charge in [-0.2, -0.15) is 0 Å². The van der Waals surface area contributed by atoms with Crippen molar-refractivity contribution in [2.45, 2.75) is 57.5 Å². The van der Waals surface area contributed by atoms with Gasteiger partial charge in [0.1, 0.15) is 0 Å². The van der Waals surface area contributed by atoms with Gasteiger partial charge in [0.05, 0.1) is 0 Å². The summed E-state index contributed by atoms with van der Waals surface area (Å²) < 4.78 is 0. The molecule has 2 N–H and O–H groups in total. The van der Waals surface area contributed by atoms with E-state index in [9.17, 15) is 4.79 Å². The highest BCUT2D eigenvalue weighted by Crippen LogP contribution is 2.33. The molecule has 0 aromatic heterocycles. The molecule has 5 unspecified atom stereocenters. The summed E-state index contributed by atoms with van der Waals surface area (Å²) in [5, 5.41) is 0. The summed E-state index contributed by atoms with van der Waals surface area (Å²) in [6.07, 6.45) is 6.75. The lowest BCUT2D eigenvalue weighted by atomic mass is 9.78. The van der Waals surface area contributed by atoms with Crippen LogP contribution in [0, 0.1) is 17.8 Å². The predicted molar refractivity (Wildman–Crippen MR) is 84.8 cm³/mol. The normalized spacial score (nSPS) is 41.7. The summed E-state index contributed by atoms with van der Waals surface area (Å²) in [7, 11) is 2.25. The molecule has 1 aliphatic carbocycles. The van der Waals surface area contributed by atoms with Crippen LogP contribution in [0.3, 0.4) is 0 Å². The van der Waals surface area contributed by atoms with Crippen LogP contribution < -0.4 is 5.73 Å². The van der Waals surface area contributed by atoms with Crippen LogP contribution in [-0.2, 0) is 4.79 Å². The van der Waals surface area contributed by atoms with Gasteiger partial charge in [0, 0.05) is 31.1 Å². The molecule has 3 aliphatic rings. The van der Waals surface area contributed by atoms with Crippen molar-refractivity contribution in [3.63, 3.8) is 0 Å². The van der Waals surface area contributed by atoms with Gasteiger partial charge in [-0.1, -0.05) is 6.92 Å². The van der Waals surface area contributed by atoms with Crippen molar-refractivity contribution in [1.29, 1.82) is 0 Å². The maximum Gasteiger partial charge on any atom is 0.225 e. The van der Waals surface area contributed by atoms with E-state index < -0.39 is 0 Å². The maximum absolute atomic E-state index is 12.9. The maximum atomic E-state index is 12.9. The fraction of sp³-hybridized carbons (Fsp3) is 0.941. The highest BCUT2D eigenvalue weighted by atomic mass is 16.2. The largest absolute Gasteiger partial charge is 0.342 e. The number of carbonyl (C=O) groups excluding carboxylic acids is 1. The first-order valence-electron chi connectivity index (χ1n) is 8.79. The van der Waals surface area contributed by atoms with Gasteiger partial charge in [0.2, 0.25) is 5.91 Å². The molecule has 0 aromatic rings. The Morgan fingerprint density at radius 1 is 1.14 bits per heavy atom. The highest BCUT2D eigenvalue weighted by molar-refractivity contribution is 5.79. The minimum Gasteiger partial charge on any atom is -0.342 e. The van der Waals surface area contributed by atoms with Crippen LogP contribution in [0.4, 0.5) is 0 Å². The molecule has 1 saturated carbocycles. The molecule has 3 rings (SSSR count). The highest BCUT2D eigenvalue weighted by Gasteiger charge is 2.38. The molecule has 0 bridgehead atoms. The first kappa shape index (κ1) is 15.3. The first-order chi connectivity index (χ1) is 10.0. The Labute approximate surface area is 129 Å². The number of hydrogen-bond donors (Lipinski definition) is 1. The van der Waals surface area contributed by atoms with Crippen LogP contribution in [0.5, 0.6) is 0 Å². The number of nitrogens with zero attached hydrogens (tertiary/aromatic N) is 2. The van der Waals surface area contributed by atoms with E-state index in [4.69, 9.17) is 5.73 Å². The molecular weight excluding hydrogens is 262 g/mol. The Morgan fingerprint density at radius 3 is 2.71 bits per heavy atom. The molecule has 2 heterocycles.